The number of halogens is 1. The summed E-state index contributed by atoms with van der Waals surface area (Å²) in [7, 11) is 0. The maximum absolute atomic E-state index is 12.2. The van der Waals surface area contributed by atoms with Gasteiger partial charge in [0.15, 0.2) is 0 Å². The molecule has 120 valence electrons. The van der Waals surface area contributed by atoms with Crippen LogP contribution < -0.4 is 16.4 Å². The molecule has 0 aliphatic rings. The van der Waals surface area contributed by atoms with Crippen molar-refractivity contribution in [2.24, 2.45) is 5.73 Å². The number of aryl methyl sites for hydroxylation is 1. The molecular formula is C17H18ClN3O2. The lowest BCUT2D eigenvalue weighted by Gasteiger charge is -2.16. The SMILES string of the molecule is Cc1ccc(N[C@H](C)C(=O)Nc2ccc(C(N)=O)cc2)cc1Cl. The van der Waals surface area contributed by atoms with Gasteiger partial charge in [0.2, 0.25) is 11.8 Å². The lowest BCUT2D eigenvalue weighted by molar-refractivity contribution is -0.116. The number of primary amides is 1. The molecule has 6 heteroatoms. The lowest BCUT2D eigenvalue weighted by atomic mass is 10.2. The lowest BCUT2D eigenvalue weighted by Crippen LogP contribution is -2.31. The zero-order chi connectivity index (χ0) is 17.0. The Morgan fingerprint density at radius 3 is 2.26 bits per heavy atom. The molecule has 2 aromatic carbocycles. The summed E-state index contributed by atoms with van der Waals surface area (Å²) in [6.07, 6.45) is 0. The monoisotopic (exact) mass is 331 g/mol. The summed E-state index contributed by atoms with van der Waals surface area (Å²) in [6, 6.07) is 11.5. The molecule has 0 saturated heterocycles. The summed E-state index contributed by atoms with van der Waals surface area (Å²) < 4.78 is 0. The maximum Gasteiger partial charge on any atom is 0.248 e. The topological polar surface area (TPSA) is 84.2 Å². The number of nitrogens with one attached hydrogen (secondary N) is 2. The van der Waals surface area contributed by atoms with E-state index < -0.39 is 11.9 Å². The van der Waals surface area contributed by atoms with E-state index in [1.807, 2.05) is 19.1 Å². The first-order valence-corrected chi connectivity index (χ1v) is 7.48. The van der Waals surface area contributed by atoms with Crippen molar-refractivity contribution in [1.82, 2.24) is 0 Å². The Morgan fingerprint density at radius 2 is 1.70 bits per heavy atom. The molecular weight excluding hydrogens is 314 g/mol. The fraction of sp³-hybridized carbons (Fsp3) is 0.176. The molecule has 0 aliphatic carbocycles. The molecule has 0 radical (unpaired) electrons. The molecule has 1 atom stereocenters. The highest BCUT2D eigenvalue weighted by atomic mass is 35.5. The van der Waals surface area contributed by atoms with Crippen LogP contribution in [-0.2, 0) is 4.79 Å². The van der Waals surface area contributed by atoms with E-state index in [4.69, 9.17) is 17.3 Å². The van der Waals surface area contributed by atoms with Gasteiger partial charge in [0.05, 0.1) is 0 Å². The van der Waals surface area contributed by atoms with Crippen molar-refractivity contribution in [2.75, 3.05) is 10.6 Å². The third-order valence-electron chi connectivity index (χ3n) is 3.39. The number of rotatable bonds is 5. The van der Waals surface area contributed by atoms with E-state index in [1.54, 1.807) is 37.3 Å². The van der Waals surface area contributed by atoms with Crippen molar-refractivity contribution >= 4 is 34.8 Å². The predicted octanol–water partition coefficient (Wildman–Crippen LogP) is 3.19. The van der Waals surface area contributed by atoms with Crippen molar-refractivity contribution < 1.29 is 9.59 Å². The van der Waals surface area contributed by atoms with Gasteiger partial charge in [-0.15, -0.1) is 0 Å². The van der Waals surface area contributed by atoms with Gasteiger partial charge in [0, 0.05) is 22.0 Å². The first-order chi connectivity index (χ1) is 10.9. The third kappa shape index (κ3) is 4.47. The Morgan fingerprint density at radius 1 is 1.09 bits per heavy atom. The smallest absolute Gasteiger partial charge is 0.248 e. The van der Waals surface area contributed by atoms with Gasteiger partial charge in [-0.2, -0.15) is 0 Å². The van der Waals surface area contributed by atoms with Crippen LogP contribution in [0.15, 0.2) is 42.5 Å². The Hall–Kier alpha value is -2.53. The summed E-state index contributed by atoms with van der Waals surface area (Å²) in [4.78, 5) is 23.2. The van der Waals surface area contributed by atoms with Gasteiger partial charge in [-0.25, -0.2) is 0 Å². The summed E-state index contributed by atoms with van der Waals surface area (Å²) in [6.45, 7) is 3.67. The van der Waals surface area contributed by atoms with Crippen LogP contribution in [0.3, 0.4) is 0 Å². The van der Waals surface area contributed by atoms with Crippen molar-refractivity contribution in [3.05, 3.63) is 58.6 Å². The van der Waals surface area contributed by atoms with Gasteiger partial charge in [0.25, 0.3) is 0 Å². The average Bonchev–Trinajstić information content (AvgIpc) is 2.51. The molecule has 2 rings (SSSR count). The van der Waals surface area contributed by atoms with Crippen molar-refractivity contribution in [2.45, 2.75) is 19.9 Å². The summed E-state index contributed by atoms with van der Waals surface area (Å²) in [5.41, 5.74) is 7.91. The maximum atomic E-state index is 12.2. The van der Waals surface area contributed by atoms with Crippen LogP contribution in [-0.4, -0.2) is 17.9 Å². The van der Waals surface area contributed by atoms with Gasteiger partial charge in [-0.05, 0) is 55.8 Å². The van der Waals surface area contributed by atoms with Gasteiger partial charge >= 0.3 is 0 Å². The molecule has 2 amide bonds. The van der Waals surface area contributed by atoms with E-state index in [1.165, 1.54) is 0 Å². The number of carbonyl (C=O) groups is 2. The highest BCUT2D eigenvalue weighted by Crippen LogP contribution is 2.20. The summed E-state index contributed by atoms with van der Waals surface area (Å²) in [5, 5.41) is 6.50. The molecule has 0 aliphatic heterocycles. The second kappa shape index (κ2) is 7.15. The average molecular weight is 332 g/mol. The van der Waals surface area contributed by atoms with Crippen LogP contribution in [0.5, 0.6) is 0 Å². The molecule has 0 aromatic heterocycles. The highest BCUT2D eigenvalue weighted by Gasteiger charge is 2.13. The Bertz CT molecular complexity index is 729. The fourth-order valence-electron chi connectivity index (χ4n) is 1.97. The Kier molecular flexibility index (Phi) is 5.24. The van der Waals surface area contributed by atoms with Crippen molar-refractivity contribution in [1.29, 1.82) is 0 Å². The molecule has 0 spiro atoms. The second-order valence-electron chi connectivity index (χ2n) is 5.26. The number of hydrogen-bond donors (Lipinski definition) is 3. The first-order valence-electron chi connectivity index (χ1n) is 7.10. The first kappa shape index (κ1) is 16.8. The standard InChI is InChI=1S/C17H18ClN3O2/c1-10-3-6-14(9-15(10)18)20-11(2)17(23)21-13-7-4-12(5-8-13)16(19)22/h3-9,11,20H,1-2H3,(H2,19,22)(H,21,23)/t11-/m1/s1. The number of carbonyl (C=O) groups excluding carboxylic acids is 2. The Labute approximate surface area is 139 Å². The summed E-state index contributed by atoms with van der Waals surface area (Å²) >= 11 is 6.07. The number of hydrogen-bond acceptors (Lipinski definition) is 3. The largest absolute Gasteiger partial charge is 0.374 e. The van der Waals surface area contributed by atoms with Crippen LogP contribution in [0.25, 0.3) is 0 Å². The number of amides is 2. The van der Waals surface area contributed by atoms with Gasteiger partial charge in [-0.3, -0.25) is 9.59 Å². The van der Waals surface area contributed by atoms with Crippen LogP contribution in [0, 0.1) is 6.92 Å². The molecule has 4 N–H and O–H groups in total. The zero-order valence-electron chi connectivity index (χ0n) is 12.9. The highest BCUT2D eigenvalue weighted by molar-refractivity contribution is 6.31. The Balaban J connectivity index is 1.99. The number of benzene rings is 2. The van der Waals surface area contributed by atoms with Crippen LogP contribution in [0.1, 0.15) is 22.8 Å². The van der Waals surface area contributed by atoms with Crippen molar-refractivity contribution in [3.63, 3.8) is 0 Å². The molecule has 5 nitrogen and oxygen atoms in total. The number of nitrogens with two attached hydrogens (primary N) is 1. The van der Waals surface area contributed by atoms with E-state index in [0.29, 0.717) is 16.3 Å². The van der Waals surface area contributed by atoms with E-state index in [9.17, 15) is 9.59 Å². The minimum absolute atomic E-state index is 0.200. The van der Waals surface area contributed by atoms with E-state index in [2.05, 4.69) is 10.6 Å². The third-order valence-corrected chi connectivity index (χ3v) is 3.79. The minimum Gasteiger partial charge on any atom is -0.374 e. The van der Waals surface area contributed by atoms with Gasteiger partial charge in [0.1, 0.15) is 6.04 Å². The van der Waals surface area contributed by atoms with E-state index >= 15 is 0 Å². The number of anilines is 2. The fourth-order valence-corrected chi connectivity index (χ4v) is 2.15. The molecule has 0 unspecified atom stereocenters. The van der Waals surface area contributed by atoms with Gasteiger partial charge in [-0.1, -0.05) is 17.7 Å². The normalized spacial score (nSPS) is 11.6. The van der Waals surface area contributed by atoms with E-state index in [0.717, 1.165) is 11.3 Å². The van der Waals surface area contributed by atoms with Crippen LogP contribution in [0.2, 0.25) is 5.02 Å². The molecule has 23 heavy (non-hydrogen) atoms. The molecule has 0 fully saturated rings. The molecule has 2 aromatic rings. The molecule has 0 bridgehead atoms. The molecule has 0 saturated carbocycles. The summed E-state index contributed by atoms with van der Waals surface area (Å²) in [5.74, 6) is -0.706. The van der Waals surface area contributed by atoms with Crippen LogP contribution >= 0.6 is 11.6 Å². The van der Waals surface area contributed by atoms with Crippen LogP contribution in [0.4, 0.5) is 11.4 Å². The minimum atomic E-state index is -0.505. The molecule has 0 heterocycles. The quantitative estimate of drug-likeness (QED) is 0.786. The zero-order valence-corrected chi connectivity index (χ0v) is 13.6. The van der Waals surface area contributed by atoms with Gasteiger partial charge < -0.3 is 16.4 Å². The van der Waals surface area contributed by atoms with Crippen molar-refractivity contribution in [3.8, 4) is 0 Å². The predicted molar refractivity (Wildman–Crippen MR) is 92.9 cm³/mol. The second-order valence-corrected chi connectivity index (χ2v) is 5.67. The van der Waals surface area contributed by atoms with E-state index in [-0.39, 0.29) is 5.91 Å².